The molecule has 0 spiro atoms. The lowest BCUT2D eigenvalue weighted by Gasteiger charge is -2.12. The molecule has 1 aliphatic rings. The monoisotopic (exact) mass is 373 g/mol. The van der Waals surface area contributed by atoms with Gasteiger partial charge in [0.05, 0.1) is 11.4 Å². The zero-order chi connectivity index (χ0) is 18.4. The largest absolute Gasteiger partial charge is 0.312 e. The number of nitrogens with zero attached hydrogens (tertiary/aromatic N) is 2. The molecule has 0 unspecified atom stereocenters. The molecule has 0 atom stereocenters. The van der Waals surface area contributed by atoms with E-state index in [9.17, 15) is 4.79 Å². The number of aromatic nitrogens is 2. The summed E-state index contributed by atoms with van der Waals surface area (Å²) in [6.45, 7) is 3.99. The summed E-state index contributed by atoms with van der Waals surface area (Å²) in [4.78, 5) is 18.6. The first-order valence-corrected chi connectivity index (χ1v) is 9.92. The summed E-state index contributed by atoms with van der Waals surface area (Å²) in [6.07, 6.45) is 4.74. The topological polar surface area (TPSA) is 46.9 Å². The van der Waals surface area contributed by atoms with Gasteiger partial charge in [0.2, 0.25) is 0 Å². The molecule has 4 heterocycles. The average molecular weight is 373 g/mol. The Morgan fingerprint density at radius 3 is 2.89 bits per heavy atom. The number of rotatable bonds is 2. The number of fused-ring (bicyclic) bond motifs is 3. The van der Waals surface area contributed by atoms with Crippen LogP contribution in [0.4, 0.5) is 0 Å². The standard InChI is InChI=1S/C22H19N3OS/c1-14-2-5-19(24-12-14)15-7-9-25(22(26)10-15)16-3-4-17-18-6-8-23-13-21(18)27-20(17)11-16/h2-5,7,9-12,23H,6,8,13H2,1H3. The fourth-order valence-electron chi connectivity index (χ4n) is 3.66. The lowest BCUT2D eigenvalue weighted by atomic mass is 10.0. The Hall–Kier alpha value is -2.76. The Bertz CT molecular complexity index is 1200. The Morgan fingerprint density at radius 1 is 1.15 bits per heavy atom. The third-order valence-electron chi connectivity index (χ3n) is 5.10. The summed E-state index contributed by atoms with van der Waals surface area (Å²) in [5.41, 5.74) is 5.09. The Kier molecular flexibility index (Phi) is 3.92. The van der Waals surface area contributed by atoms with Gasteiger partial charge < -0.3 is 5.32 Å². The van der Waals surface area contributed by atoms with Crippen molar-refractivity contribution >= 4 is 21.4 Å². The van der Waals surface area contributed by atoms with Crippen molar-refractivity contribution in [2.24, 2.45) is 0 Å². The predicted octanol–water partition coefficient (Wildman–Crippen LogP) is 4.07. The van der Waals surface area contributed by atoms with Crippen LogP contribution in [0.1, 0.15) is 16.0 Å². The first kappa shape index (κ1) is 16.4. The van der Waals surface area contributed by atoms with Crippen molar-refractivity contribution in [3.05, 3.63) is 81.2 Å². The lowest BCUT2D eigenvalue weighted by molar-refractivity contribution is 0.657. The van der Waals surface area contributed by atoms with Gasteiger partial charge in [-0.25, -0.2) is 0 Å². The molecular weight excluding hydrogens is 354 g/mol. The number of benzene rings is 1. The molecule has 0 saturated heterocycles. The van der Waals surface area contributed by atoms with Crippen molar-refractivity contribution in [2.45, 2.75) is 19.9 Å². The molecule has 0 fully saturated rings. The fraction of sp³-hybridized carbons (Fsp3) is 0.182. The zero-order valence-corrected chi connectivity index (χ0v) is 15.8. The second-order valence-corrected chi connectivity index (χ2v) is 8.09. The van der Waals surface area contributed by atoms with E-state index in [0.29, 0.717) is 0 Å². The van der Waals surface area contributed by atoms with Crippen LogP contribution in [-0.4, -0.2) is 16.1 Å². The summed E-state index contributed by atoms with van der Waals surface area (Å²) < 4.78 is 2.95. The quantitative estimate of drug-likeness (QED) is 0.576. The molecule has 4 aromatic rings. The summed E-state index contributed by atoms with van der Waals surface area (Å²) in [7, 11) is 0. The van der Waals surface area contributed by atoms with E-state index in [4.69, 9.17) is 0 Å². The minimum Gasteiger partial charge on any atom is -0.312 e. The number of aryl methyl sites for hydroxylation is 1. The number of hydrogen-bond donors (Lipinski definition) is 1. The molecule has 0 amide bonds. The normalized spacial score (nSPS) is 13.7. The first-order valence-electron chi connectivity index (χ1n) is 9.10. The molecule has 3 aromatic heterocycles. The second kappa shape index (κ2) is 6.44. The van der Waals surface area contributed by atoms with Crippen LogP contribution < -0.4 is 10.9 Å². The highest BCUT2D eigenvalue weighted by Gasteiger charge is 2.16. The van der Waals surface area contributed by atoms with Gasteiger partial charge in [-0.3, -0.25) is 14.3 Å². The number of nitrogens with one attached hydrogen (secondary N) is 1. The van der Waals surface area contributed by atoms with Crippen LogP contribution >= 0.6 is 11.3 Å². The van der Waals surface area contributed by atoms with Crippen molar-refractivity contribution in [1.82, 2.24) is 14.9 Å². The molecular formula is C22H19N3OS. The summed E-state index contributed by atoms with van der Waals surface area (Å²) in [5, 5.41) is 4.76. The van der Waals surface area contributed by atoms with E-state index in [1.807, 2.05) is 54.9 Å². The van der Waals surface area contributed by atoms with E-state index in [1.165, 1.54) is 20.5 Å². The summed E-state index contributed by atoms with van der Waals surface area (Å²) in [5.74, 6) is 0. The van der Waals surface area contributed by atoms with Gasteiger partial charge in [-0.1, -0.05) is 12.1 Å². The molecule has 5 rings (SSSR count). The van der Waals surface area contributed by atoms with Crippen molar-refractivity contribution < 1.29 is 0 Å². The lowest BCUT2D eigenvalue weighted by Crippen LogP contribution is -2.21. The van der Waals surface area contributed by atoms with Crippen molar-refractivity contribution in [3.63, 3.8) is 0 Å². The zero-order valence-electron chi connectivity index (χ0n) is 15.0. The van der Waals surface area contributed by atoms with Gasteiger partial charge in [-0.15, -0.1) is 11.3 Å². The smallest absolute Gasteiger partial charge is 0.255 e. The highest BCUT2D eigenvalue weighted by Crippen LogP contribution is 2.34. The van der Waals surface area contributed by atoms with Crippen LogP contribution in [0, 0.1) is 6.92 Å². The molecule has 0 aliphatic carbocycles. The molecule has 134 valence electrons. The number of thiophene rings is 1. The Morgan fingerprint density at radius 2 is 2.07 bits per heavy atom. The van der Waals surface area contributed by atoms with Gasteiger partial charge in [0, 0.05) is 40.1 Å². The van der Waals surface area contributed by atoms with Crippen molar-refractivity contribution in [2.75, 3.05) is 6.54 Å². The maximum atomic E-state index is 12.7. The summed E-state index contributed by atoms with van der Waals surface area (Å²) >= 11 is 1.83. The molecule has 1 aromatic carbocycles. The second-order valence-electron chi connectivity index (χ2n) is 6.96. The fourth-order valence-corrected chi connectivity index (χ4v) is 4.92. The minimum absolute atomic E-state index is 0.0442. The van der Waals surface area contributed by atoms with Gasteiger partial charge >= 0.3 is 0 Å². The maximum Gasteiger partial charge on any atom is 0.255 e. The summed E-state index contributed by atoms with van der Waals surface area (Å²) in [6, 6.07) is 13.9. The van der Waals surface area contributed by atoms with Crippen LogP contribution in [0.5, 0.6) is 0 Å². The molecule has 0 saturated carbocycles. The van der Waals surface area contributed by atoms with E-state index < -0.39 is 0 Å². The number of pyridine rings is 2. The van der Waals surface area contributed by atoms with Gasteiger partial charge in [0.1, 0.15) is 0 Å². The third kappa shape index (κ3) is 2.89. The minimum atomic E-state index is -0.0442. The van der Waals surface area contributed by atoms with E-state index in [0.717, 1.165) is 42.0 Å². The maximum absolute atomic E-state index is 12.7. The molecule has 1 aliphatic heterocycles. The van der Waals surface area contributed by atoms with E-state index >= 15 is 0 Å². The van der Waals surface area contributed by atoms with Crippen LogP contribution in [0.25, 0.3) is 27.0 Å². The molecule has 1 N–H and O–H groups in total. The van der Waals surface area contributed by atoms with Gasteiger partial charge in [0.25, 0.3) is 5.56 Å². The van der Waals surface area contributed by atoms with Gasteiger partial charge in [0.15, 0.2) is 0 Å². The molecule has 0 bridgehead atoms. The molecule has 27 heavy (non-hydrogen) atoms. The molecule has 4 nitrogen and oxygen atoms in total. The molecule has 0 radical (unpaired) electrons. The van der Waals surface area contributed by atoms with Crippen molar-refractivity contribution in [3.8, 4) is 16.9 Å². The van der Waals surface area contributed by atoms with Crippen LogP contribution in [0.2, 0.25) is 0 Å². The average Bonchev–Trinajstić information content (AvgIpc) is 3.06. The van der Waals surface area contributed by atoms with E-state index in [1.54, 1.807) is 10.6 Å². The Balaban J connectivity index is 1.56. The SMILES string of the molecule is Cc1ccc(-c2ccn(-c3ccc4c5c(sc4c3)CNCC5)c(=O)c2)nc1. The highest BCUT2D eigenvalue weighted by atomic mass is 32.1. The number of hydrogen-bond acceptors (Lipinski definition) is 4. The third-order valence-corrected chi connectivity index (χ3v) is 6.30. The first-order chi connectivity index (χ1) is 13.2. The van der Waals surface area contributed by atoms with Gasteiger partial charge in [-0.05, 0) is 60.7 Å². The van der Waals surface area contributed by atoms with Crippen LogP contribution in [0.15, 0.2) is 59.7 Å². The van der Waals surface area contributed by atoms with Gasteiger partial charge in [-0.2, -0.15) is 0 Å². The van der Waals surface area contributed by atoms with Crippen LogP contribution in [0.3, 0.4) is 0 Å². The Labute approximate surface area is 161 Å². The van der Waals surface area contributed by atoms with Crippen molar-refractivity contribution in [1.29, 1.82) is 0 Å². The van der Waals surface area contributed by atoms with Crippen LogP contribution in [-0.2, 0) is 13.0 Å². The van der Waals surface area contributed by atoms with E-state index in [2.05, 4.69) is 22.4 Å². The van der Waals surface area contributed by atoms with E-state index in [-0.39, 0.29) is 5.56 Å². The molecule has 5 heteroatoms. The predicted molar refractivity (Wildman–Crippen MR) is 111 cm³/mol. The highest BCUT2D eigenvalue weighted by molar-refractivity contribution is 7.19.